The molecule has 216 valence electrons. The normalized spacial score (nSPS) is 16.7. The van der Waals surface area contributed by atoms with Crippen molar-refractivity contribution in [2.75, 3.05) is 27.2 Å². The second kappa shape index (κ2) is 14.7. The molecule has 3 rings (SSSR count). The first kappa shape index (κ1) is 31.0. The van der Waals surface area contributed by atoms with Crippen LogP contribution in [0.4, 0.5) is 0 Å². The Hall–Kier alpha value is -2.52. The number of benzene rings is 1. The maximum Gasteiger partial charge on any atom is 0.243 e. The van der Waals surface area contributed by atoms with E-state index in [0.717, 1.165) is 34.5 Å². The average Bonchev–Trinajstić information content (AvgIpc) is 3.28. The lowest BCUT2D eigenvalue weighted by atomic mass is 9.84. The first-order valence-electron chi connectivity index (χ1n) is 14.4. The van der Waals surface area contributed by atoms with Crippen molar-refractivity contribution in [2.24, 2.45) is 11.8 Å². The van der Waals surface area contributed by atoms with Gasteiger partial charge in [0.2, 0.25) is 17.7 Å². The standard InChI is InChI=1S/C30H47N5O3S/c1-19(2)23-12-13-25-27(15-23)39-28(34-25)16-26(32-21(4)36)30(38)33-24(14-22-10-8-7-9-11-22)17-31-29(37)20(3)18-35(5)6/h12-13,15,19-20,22,24,26H,7-11,14,16-18H2,1-6H3,(H,31,37)(H,32,36)(H,33,38)/t20?,24-,26-/m0/s1. The highest BCUT2D eigenvalue weighted by Gasteiger charge is 2.27. The van der Waals surface area contributed by atoms with Crippen molar-refractivity contribution in [3.05, 3.63) is 28.8 Å². The maximum absolute atomic E-state index is 13.5. The van der Waals surface area contributed by atoms with E-state index in [-0.39, 0.29) is 29.7 Å². The van der Waals surface area contributed by atoms with E-state index in [0.29, 0.717) is 31.3 Å². The Balaban J connectivity index is 1.72. The van der Waals surface area contributed by atoms with Gasteiger partial charge in [0.1, 0.15) is 6.04 Å². The zero-order valence-electron chi connectivity index (χ0n) is 24.5. The number of aromatic nitrogens is 1. The van der Waals surface area contributed by atoms with E-state index >= 15 is 0 Å². The topological polar surface area (TPSA) is 103 Å². The lowest BCUT2D eigenvalue weighted by Gasteiger charge is -2.29. The third-order valence-corrected chi connectivity index (χ3v) is 8.53. The quantitative estimate of drug-likeness (QED) is 0.342. The Kier molecular flexibility index (Phi) is 11.7. The molecule has 0 aliphatic heterocycles. The van der Waals surface area contributed by atoms with Gasteiger partial charge >= 0.3 is 0 Å². The minimum absolute atomic E-state index is 0.0137. The molecule has 1 fully saturated rings. The maximum atomic E-state index is 13.5. The van der Waals surface area contributed by atoms with Gasteiger partial charge in [-0.3, -0.25) is 14.4 Å². The monoisotopic (exact) mass is 557 g/mol. The van der Waals surface area contributed by atoms with Crippen LogP contribution < -0.4 is 16.0 Å². The van der Waals surface area contributed by atoms with Crippen LogP contribution in [0.1, 0.15) is 82.7 Å². The zero-order chi connectivity index (χ0) is 28.5. The number of hydrogen-bond acceptors (Lipinski definition) is 6. The zero-order valence-corrected chi connectivity index (χ0v) is 25.3. The molecule has 1 aliphatic carbocycles. The average molecular weight is 558 g/mol. The van der Waals surface area contributed by atoms with Crippen LogP contribution in [-0.4, -0.2) is 66.9 Å². The number of amides is 3. The summed E-state index contributed by atoms with van der Waals surface area (Å²) in [6.45, 7) is 8.71. The van der Waals surface area contributed by atoms with Gasteiger partial charge in [-0.1, -0.05) is 58.9 Å². The van der Waals surface area contributed by atoms with Crippen LogP contribution in [0.3, 0.4) is 0 Å². The summed E-state index contributed by atoms with van der Waals surface area (Å²) >= 11 is 1.57. The molecule has 0 spiro atoms. The lowest BCUT2D eigenvalue weighted by Crippen LogP contribution is -2.53. The summed E-state index contributed by atoms with van der Waals surface area (Å²) in [6, 6.07) is 5.35. The summed E-state index contributed by atoms with van der Waals surface area (Å²) in [5.41, 5.74) is 2.16. The first-order chi connectivity index (χ1) is 18.5. The summed E-state index contributed by atoms with van der Waals surface area (Å²) < 4.78 is 1.09. The largest absolute Gasteiger partial charge is 0.354 e. The molecule has 0 bridgehead atoms. The number of carbonyl (C=O) groups excluding carboxylic acids is 3. The molecule has 1 aromatic carbocycles. The van der Waals surface area contributed by atoms with E-state index < -0.39 is 6.04 Å². The van der Waals surface area contributed by atoms with Crippen LogP contribution in [0.25, 0.3) is 10.2 Å². The van der Waals surface area contributed by atoms with Gasteiger partial charge < -0.3 is 20.9 Å². The highest BCUT2D eigenvalue weighted by Crippen LogP contribution is 2.28. The van der Waals surface area contributed by atoms with Crippen molar-refractivity contribution < 1.29 is 14.4 Å². The molecule has 2 aromatic rings. The number of carbonyl (C=O) groups is 3. The highest BCUT2D eigenvalue weighted by molar-refractivity contribution is 7.18. The van der Waals surface area contributed by atoms with Crippen molar-refractivity contribution in [2.45, 2.75) is 90.6 Å². The second-order valence-electron chi connectivity index (χ2n) is 11.8. The predicted octanol–water partition coefficient (Wildman–Crippen LogP) is 4.24. The Morgan fingerprint density at radius 1 is 1.05 bits per heavy atom. The van der Waals surface area contributed by atoms with E-state index in [9.17, 15) is 14.4 Å². The molecule has 1 unspecified atom stereocenters. The van der Waals surface area contributed by atoms with Gasteiger partial charge in [-0.05, 0) is 50.0 Å². The van der Waals surface area contributed by atoms with Crippen LogP contribution in [0.2, 0.25) is 0 Å². The van der Waals surface area contributed by atoms with Crippen LogP contribution in [0, 0.1) is 11.8 Å². The number of nitrogens with one attached hydrogen (secondary N) is 3. The number of rotatable bonds is 13. The molecule has 0 radical (unpaired) electrons. The Morgan fingerprint density at radius 3 is 2.41 bits per heavy atom. The van der Waals surface area contributed by atoms with E-state index in [1.807, 2.05) is 32.0 Å². The number of nitrogens with zero attached hydrogens (tertiary/aromatic N) is 2. The summed E-state index contributed by atoms with van der Waals surface area (Å²) in [7, 11) is 3.90. The molecular weight excluding hydrogens is 510 g/mol. The van der Waals surface area contributed by atoms with Crippen molar-refractivity contribution in [3.63, 3.8) is 0 Å². The molecule has 1 saturated carbocycles. The number of hydrogen-bond donors (Lipinski definition) is 3. The van der Waals surface area contributed by atoms with Crippen LogP contribution in [-0.2, 0) is 20.8 Å². The minimum Gasteiger partial charge on any atom is -0.354 e. The van der Waals surface area contributed by atoms with Crippen molar-refractivity contribution in [1.29, 1.82) is 0 Å². The molecule has 8 nitrogen and oxygen atoms in total. The van der Waals surface area contributed by atoms with Crippen LogP contribution >= 0.6 is 11.3 Å². The van der Waals surface area contributed by atoms with E-state index in [1.54, 1.807) is 11.3 Å². The minimum atomic E-state index is -0.732. The highest BCUT2D eigenvalue weighted by atomic mass is 32.1. The first-order valence-corrected chi connectivity index (χ1v) is 15.2. The molecule has 39 heavy (non-hydrogen) atoms. The fourth-order valence-electron chi connectivity index (χ4n) is 5.41. The summed E-state index contributed by atoms with van der Waals surface area (Å²) in [6.07, 6.45) is 7.12. The summed E-state index contributed by atoms with van der Waals surface area (Å²) in [5, 5.41) is 9.90. The molecule has 3 amide bonds. The fraction of sp³-hybridized carbons (Fsp3) is 0.667. The van der Waals surface area contributed by atoms with Crippen molar-refractivity contribution >= 4 is 39.3 Å². The molecular formula is C30H47N5O3S. The van der Waals surface area contributed by atoms with E-state index in [4.69, 9.17) is 4.98 Å². The van der Waals surface area contributed by atoms with E-state index in [2.05, 4.69) is 41.9 Å². The third-order valence-electron chi connectivity index (χ3n) is 7.49. The lowest BCUT2D eigenvalue weighted by molar-refractivity contribution is -0.129. The molecule has 3 atom stereocenters. The van der Waals surface area contributed by atoms with Gasteiger partial charge in [0, 0.05) is 38.4 Å². The Morgan fingerprint density at radius 2 is 1.77 bits per heavy atom. The van der Waals surface area contributed by atoms with Gasteiger partial charge in [-0.25, -0.2) is 4.98 Å². The summed E-state index contributed by atoms with van der Waals surface area (Å²) in [5.74, 6) is 0.300. The predicted molar refractivity (Wildman–Crippen MR) is 159 cm³/mol. The summed E-state index contributed by atoms with van der Waals surface area (Å²) in [4.78, 5) is 45.1. The van der Waals surface area contributed by atoms with Crippen molar-refractivity contribution in [3.8, 4) is 0 Å². The van der Waals surface area contributed by atoms with Crippen molar-refractivity contribution in [1.82, 2.24) is 25.8 Å². The SMILES string of the molecule is CC(=O)N[C@@H](Cc1nc2ccc(C(C)C)cc2s1)C(=O)N[C@H](CNC(=O)C(C)CN(C)C)CC1CCCCC1. The second-order valence-corrected chi connectivity index (χ2v) is 12.9. The Labute approximate surface area is 237 Å². The van der Waals surface area contributed by atoms with Gasteiger partial charge in [-0.15, -0.1) is 11.3 Å². The molecule has 3 N–H and O–H groups in total. The van der Waals surface area contributed by atoms with Gasteiger partial charge in [0.05, 0.1) is 15.2 Å². The fourth-order valence-corrected chi connectivity index (χ4v) is 6.47. The van der Waals surface area contributed by atoms with Gasteiger partial charge in [0.25, 0.3) is 0 Å². The van der Waals surface area contributed by atoms with Crippen LogP contribution in [0.15, 0.2) is 18.2 Å². The van der Waals surface area contributed by atoms with Crippen LogP contribution in [0.5, 0.6) is 0 Å². The molecule has 1 aliphatic rings. The Bertz CT molecular complexity index is 1110. The van der Waals surface area contributed by atoms with E-state index in [1.165, 1.54) is 31.7 Å². The number of thiazole rings is 1. The smallest absolute Gasteiger partial charge is 0.243 e. The molecule has 9 heteroatoms. The number of fused-ring (bicyclic) bond motifs is 1. The van der Waals surface area contributed by atoms with Gasteiger partial charge in [-0.2, -0.15) is 0 Å². The molecule has 1 heterocycles. The van der Waals surface area contributed by atoms with Gasteiger partial charge in [0.15, 0.2) is 0 Å². The molecule has 0 saturated heterocycles. The third kappa shape index (κ3) is 9.87. The molecule has 1 aromatic heterocycles.